The highest BCUT2D eigenvalue weighted by Gasteiger charge is 2.33. The molecule has 2 aromatic heterocycles. The molecule has 1 aliphatic carbocycles. The number of benzene rings is 1. The summed E-state index contributed by atoms with van der Waals surface area (Å²) in [4.78, 5) is 26.0. The van der Waals surface area contributed by atoms with E-state index < -0.39 is 5.91 Å². The molecule has 3 aromatic rings. The number of thiophene rings is 1. The van der Waals surface area contributed by atoms with Crippen LogP contribution < -0.4 is 11.1 Å². The lowest BCUT2D eigenvalue weighted by Gasteiger charge is -2.33. The average Bonchev–Trinajstić information content (AvgIpc) is 3.34. The predicted molar refractivity (Wildman–Crippen MR) is 140 cm³/mol. The van der Waals surface area contributed by atoms with Crippen molar-refractivity contribution in [3.8, 4) is 11.3 Å². The van der Waals surface area contributed by atoms with E-state index in [0.29, 0.717) is 38.0 Å². The number of amides is 2. The van der Waals surface area contributed by atoms with E-state index in [-0.39, 0.29) is 11.3 Å². The quantitative estimate of drug-likeness (QED) is 0.351. The van der Waals surface area contributed by atoms with Crippen LogP contribution in [0.2, 0.25) is 10.0 Å². The Bertz CT molecular complexity index is 1260. The minimum absolute atomic E-state index is 0.180. The Hall–Kier alpha value is -2.54. The molecule has 0 saturated carbocycles. The maximum atomic E-state index is 12.6. The maximum absolute atomic E-state index is 12.6. The lowest BCUT2D eigenvalue weighted by atomic mass is 9.72. The Morgan fingerprint density at radius 1 is 1.18 bits per heavy atom. The molecule has 1 aromatic carbocycles. The molecule has 0 unspecified atom stereocenters. The van der Waals surface area contributed by atoms with Crippen LogP contribution in [0.25, 0.3) is 17.4 Å². The molecule has 3 N–H and O–H groups in total. The molecule has 34 heavy (non-hydrogen) atoms. The van der Waals surface area contributed by atoms with Gasteiger partial charge in [-0.15, -0.1) is 11.3 Å². The lowest BCUT2D eigenvalue weighted by Crippen LogP contribution is -2.27. The van der Waals surface area contributed by atoms with Crippen molar-refractivity contribution in [1.82, 2.24) is 0 Å². The smallest absolute Gasteiger partial charge is 0.251 e. The molecule has 0 aliphatic heterocycles. The van der Waals surface area contributed by atoms with Gasteiger partial charge in [-0.05, 0) is 72.6 Å². The summed E-state index contributed by atoms with van der Waals surface area (Å²) in [6, 6.07) is 8.68. The molecule has 1 atom stereocenters. The van der Waals surface area contributed by atoms with Crippen molar-refractivity contribution in [2.75, 3.05) is 5.32 Å². The number of carbonyl (C=O) groups is 2. The summed E-state index contributed by atoms with van der Waals surface area (Å²) in [6.07, 6.45) is 5.62. The Morgan fingerprint density at radius 3 is 2.53 bits per heavy atom. The number of nitrogens with two attached hydrogens (primary N) is 1. The molecule has 2 heterocycles. The number of hydrogen-bond acceptors (Lipinski definition) is 4. The molecule has 8 heteroatoms. The lowest BCUT2D eigenvalue weighted by molar-refractivity contribution is -0.111. The fourth-order valence-corrected chi connectivity index (χ4v) is 6.14. The van der Waals surface area contributed by atoms with Crippen molar-refractivity contribution in [3.05, 3.63) is 68.2 Å². The van der Waals surface area contributed by atoms with E-state index in [1.54, 1.807) is 36.4 Å². The van der Waals surface area contributed by atoms with E-state index in [1.807, 2.05) is 0 Å². The Morgan fingerprint density at radius 2 is 1.88 bits per heavy atom. The minimum atomic E-state index is -0.512. The number of fused-ring (bicyclic) bond motifs is 1. The standard InChI is InChI=1S/C26H26Cl2N2O3S/c1-26(2,3)15-4-7-19-21(12-15)34-25(23(19)24(29)32)30-22(31)9-6-18-5-8-20(33-18)14-10-16(27)13-17(28)11-14/h5-6,8-11,13,15H,4,7,12H2,1-3H3,(H2,29,32)(H,30,31)/b9-6+/t15-/m0/s1. The number of halogens is 2. The normalized spacial score (nSPS) is 16.0. The summed E-state index contributed by atoms with van der Waals surface area (Å²) in [5.41, 5.74) is 8.03. The van der Waals surface area contributed by atoms with Gasteiger partial charge in [0.2, 0.25) is 5.91 Å². The van der Waals surface area contributed by atoms with E-state index in [1.165, 1.54) is 17.4 Å². The van der Waals surface area contributed by atoms with E-state index in [4.69, 9.17) is 33.4 Å². The fraction of sp³-hybridized carbons (Fsp3) is 0.308. The third kappa shape index (κ3) is 5.40. The van der Waals surface area contributed by atoms with E-state index in [0.717, 1.165) is 35.3 Å². The second kappa shape index (κ2) is 9.61. The van der Waals surface area contributed by atoms with Gasteiger partial charge in [0.05, 0.1) is 5.56 Å². The summed E-state index contributed by atoms with van der Waals surface area (Å²) in [5.74, 6) is 0.721. The van der Waals surface area contributed by atoms with Crippen LogP contribution >= 0.6 is 34.5 Å². The summed E-state index contributed by atoms with van der Waals surface area (Å²) in [5, 5.41) is 4.37. The van der Waals surface area contributed by atoms with Crippen LogP contribution in [0.4, 0.5) is 5.00 Å². The molecule has 2 amide bonds. The summed E-state index contributed by atoms with van der Waals surface area (Å²) in [7, 11) is 0. The molecule has 0 bridgehead atoms. The van der Waals surface area contributed by atoms with E-state index in [9.17, 15) is 9.59 Å². The highest BCUT2D eigenvalue weighted by molar-refractivity contribution is 7.17. The summed E-state index contributed by atoms with van der Waals surface area (Å²) in [6.45, 7) is 6.71. The number of rotatable bonds is 5. The molecule has 5 nitrogen and oxygen atoms in total. The highest BCUT2D eigenvalue weighted by atomic mass is 35.5. The van der Waals surface area contributed by atoms with Gasteiger partial charge in [0, 0.05) is 26.6 Å². The molecular weight excluding hydrogens is 491 g/mol. The Balaban J connectivity index is 1.50. The Labute approximate surface area is 212 Å². The van der Waals surface area contributed by atoms with Gasteiger partial charge in [0.25, 0.3) is 5.91 Å². The molecule has 0 radical (unpaired) electrons. The third-order valence-corrected chi connectivity index (χ3v) is 7.75. The number of hydrogen-bond donors (Lipinski definition) is 2. The van der Waals surface area contributed by atoms with Crippen molar-refractivity contribution < 1.29 is 14.0 Å². The SMILES string of the molecule is CC(C)(C)[C@H]1CCc2c(sc(NC(=O)/C=C/c3ccc(-c4cc(Cl)cc(Cl)c4)o3)c2C(N)=O)C1. The van der Waals surface area contributed by atoms with Crippen LogP contribution in [0.3, 0.4) is 0 Å². The van der Waals surface area contributed by atoms with Crippen molar-refractivity contribution in [1.29, 1.82) is 0 Å². The van der Waals surface area contributed by atoms with Crippen LogP contribution in [0, 0.1) is 11.3 Å². The average molecular weight is 517 g/mol. The highest BCUT2D eigenvalue weighted by Crippen LogP contribution is 2.44. The van der Waals surface area contributed by atoms with E-state index >= 15 is 0 Å². The van der Waals surface area contributed by atoms with Gasteiger partial charge in [-0.3, -0.25) is 9.59 Å². The number of primary amides is 1. The zero-order chi connectivity index (χ0) is 24.6. The van der Waals surface area contributed by atoms with Gasteiger partial charge in [-0.2, -0.15) is 0 Å². The molecule has 178 valence electrons. The number of nitrogens with one attached hydrogen (secondary N) is 1. The molecular formula is C26H26Cl2N2O3S. The first-order valence-electron chi connectivity index (χ1n) is 11.0. The van der Waals surface area contributed by atoms with Crippen LogP contribution in [0.1, 0.15) is 53.8 Å². The summed E-state index contributed by atoms with van der Waals surface area (Å²) >= 11 is 13.6. The fourth-order valence-electron chi connectivity index (χ4n) is 4.28. The van der Waals surface area contributed by atoms with Crippen molar-refractivity contribution in [3.63, 3.8) is 0 Å². The van der Waals surface area contributed by atoms with Gasteiger partial charge < -0.3 is 15.5 Å². The molecule has 0 saturated heterocycles. The number of furan rings is 1. The Kier molecular flexibility index (Phi) is 6.94. The zero-order valence-corrected chi connectivity index (χ0v) is 21.5. The summed E-state index contributed by atoms with van der Waals surface area (Å²) < 4.78 is 5.80. The van der Waals surface area contributed by atoms with E-state index in [2.05, 4.69) is 26.1 Å². The number of anilines is 1. The van der Waals surface area contributed by atoms with Gasteiger partial charge in [0.15, 0.2) is 0 Å². The second-order valence-corrected chi connectivity index (χ2v) is 11.5. The van der Waals surface area contributed by atoms with Crippen LogP contribution in [-0.4, -0.2) is 11.8 Å². The van der Waals surface area contributed by atoms with Crippen molar-refractivity contribution >= 4 is 57.4 Å². The second-order valence-electron chi connectivity index (χ2n) is 9.56. The minimum Gasteiger partial charge on any atom is -0.457 e. The first-order valence-corrected chi connectivity index (χ1v) is 12.6. The van der Waals surface area contributed by atoms with Gasteiger partial charge in [0.1, 0.15) is 16.5 Å². The van der Waals surface area contributed by atoms with Crippen LogP contribution in [0.15, 0.2) is 40.8 Å². The maximum Gasteiger partial charge on any atom is 0.251 e. The van der Waals surface area contributed by atoms with Crippen molar-refractivity contribution in [2.45, 2.75) is 40.0 Å². The van der Waals surface area contributed by atoms with Gasteiger partial charge in [-0.1, -0.05) is 44.0 Å². The molecule has 0 spiro atoms. The molecule has 4 rings (SSSR count). The first-order chi connectivity index (χ1) is 16.0. The first kappa shape index (κ1) is 24.6. The van der Waals surface area contributed by atoms with Crippen LogP contribution in [0.5, 0.6) is 0 Å². The molecule has 0 fully saturated rings. The van der Waals surface area contributed by atoms with Crippen molar-refractivity contribution in [2.24, 2.45) is 17.1 Å². The predicted octanol–water partition coefficient (Wildman–Crippen LogP) is 7.22. The zero-order valence-electron chi connectivity index (χ0n) is 19.2. The number of carbonyl (C=O) groups excluding carboxylic acids is 2. The van der Waals surface area contributed by atoms with Crippen LogP contribution in [-0.2, 0) is 17.6 Å². The topological polar surface area (TPSA) is 85.3 Å². The third-order valence-electron chi connectivity index (χ3n) is 6.15. The monoisotopic (exact) mass is 516 g/mol. The van der Waals surface area contributed by atoms with Gasteiger partial charge in [-0.25, -0.2) is 0 Å². The largest absolute Gasteiger partial charge is 0.457 e. The van der Waals surface area contributed by atoms with Gasteiger partial charge >= 0.3 is 0 Å². The molecule has 1 aliphatic rings.